The van der Waals surface area contributed by atoms with Crippen LogP contribution in [0.25, 0.3) is 0 Å². The van der Waals surface area contributed by atoms with Crippen LogP contribution < -0.4 is 10.6 Å². The van der Waals surface area contributed by atoms with Gasteiger partial charge in [-0.25, -0.2) is 18.0 Å². The molecular weight excluding hydrogens is 325 g/mol. The lowest BCUT2D eigenvalue weighted by molar-refractivity contribution is 0.248. The van der Waals surface area contributed by atoms with Crippen LogP contribution in [0.1, 0.15) is 18.0 Å². The highest BCUT2D eigenvalue weighted by atomic mass is 32.2. The van der Waals surface area contributed by atoms with Crippen LogP contribution in [0.5, 0.6) is 0 Å². The van der Waals surface area contributed by atoms with E-state index in [4.69, 9.17) is 0 Å². The van der Waals surface area contributed by atoms with Crippen molar-refractivity contribution in [3.63, 3.8) is 0 Å². The molecule has 0 radical (unpaired) electrons. The van der Waals surface area contributed by atoms with E-state index in [-0.39, 0.29) is 17.5 Å². The molecule has 0 saturated heterocycles. The number of carbonyl (C=O) groups excluding carboxylic acids is 1. The highest BCUT2D eigenvalue weighted by Gasteiger charge is 2.23. The second kappa shape index (κ2) is 6.54. The standard InChI is InChI=1S/C16H13F3N2OS/c17-9-2-4-15-11(7-9)13(5-6-23-15)20-16(22)21-14-3-1-10(18)8-12(14)19/h1-4,7-8,13H,5-6H2,(H2,20,21,22). The molecule has 0 spiro atoms. The Morgan fingerprint density at radius 3 is 2.61 bits per heavy atom. The Labute approximate surface area is 135 Å². The molecule has 3 nitrogen and oxygen atoms in total. The van der Waals surface area contributed by atoms with Crippen LogP contribution in [0.2, 0.25) is 0 Å². The van der Waals surface area contributed by atoms with Crippen LogP contribution in [-0.4, -0.2) is 11.8 Å². The third-order valence-electron chi connectivity index (χ3n) is 3.50. The molecule has 7 heteroatoms. The van der Waals surface area contributed by atoms with E-state index in [2.05, 4.69) is 10.6 Å². The summed E-state index contributed by atoms with van der Waals surface area (Å²) >= 11 is 1.60. The number of benzene rings is 2. The summed E-state index contributed by atoms with van der Waals surface area (Å²) in [5.74, 6) is -1.16. The number of urea groups is 1. The Kier molecular flexibility index (Phi) is 4.47. The molecule has 0 fully saturated rings. The number of hydrogen-bond donors (Lipinski definition) is 2. The van der Waals surface area contributed by atoms with Gasteiger partial charge in [0.1, 0.15) is 17.5 Å². The summed E-state index contributed by atoms with van der Waals surface area (Å²) in [4.78, 5) is 12.9. The molecule has 2 N–H and O–H groups in total. The second-order valence-corrected chi connectivity index (χ2v) is 6.23. The molecule has 1 heterocycles. The van der Waals surface area contributed by atoms with Crippen LogP contribution in [0.4, 0.5) is 23.7 Å². The van der Waals surface area contributed by atoms with Gasteiger partial charge in [0.05, 0.1) is 11.7 Å². The van der Waals surface area contributed by atoms with Crippen molar-refractivity contribution in [3.05, 3.63) is 59.4 Å². The average molecular weight is 338 g/mol. The molecule has 0 bridgehead atoms. The van der Waals surface area contributed by atoms with E-state index in [0.29, 0.717) is 18.1 Å². The van der Waals surface area contributed by atoms with Crippen LogP contribution in [0, 0.1) is 17.5 Å². The lowest BCUT2D eigenvalue weighted by Gasteiger charge is -2.26. The summed E-state index contributed by atoms with van der Waals surface area (Å²) in [5.41, 5.74) is 0.588. The van der Waals surface area contributed by atoms with Crippen LogP contribution >= 0.6 is 11.8 Å². The first-order chi connectivity index (χ1) is 11.0. The third-order valence-corrected chi connectivity index (χ3v) is 4.62. The zero-order chi connectivity index (χ0) is 16.4. The van der Waals surface area contributed by atoms with Crippen molar-refractivity contribution in [2.75, 3.05) is 11.1 Å². The number of amides is 2. The van der Waals surface area contributed by atoms with Crippen LogP contribution in [0.15, 0.2) is 41.3 Å². The minimum absolute atomic E-state index is 0.117. The molecule has 1 unspecified atom stereocenters. The minimum atomic E-state index is -0.856. The summed E-state index contributed by atoms with van der Waals surface area (Å²) in [6.45, 7) is 0. The van der Waals surface area contributed by atoms with E-state index < -0.39 is 17.7 Å². The maximum atomic E-state index is 13.5. The van der Waals surface area contributed by atoms with E-state index in [9.17, 15) is 18.0 Å². The minimum Gasteiger partial charge on any atom is -0.331 e. The van der Waals surface area contributed by atoms with E-state index >= 15 is 0 Å². The molecular formula is C16H13F3N2OS. The van der Waals surface area contributed by atoms with Gasteiger partial charge in [0.2, 0.25) is 0 Å². The van der Waals surface area contributed by atoms with Gasteiger partial charge in [-0.1, -0.05) is 0 Å². The molecule has 2 aromatic carbocycles. The zero-order valence-electron chi connectivity index (χ0n) is 11.9. The predicted octanol–water partition coefficient (Wildman–Crippen LogP) is 4.46. The van der Waals surface area contributed by atoms with Crippen molar-refractivity contribution in [1.29, 1.82) is 0 Å². The number of anilines is 1. The smallest absolute Gasteiger partial charge is 0.319 e. The summed E-state index contributed by atoms with van der Waals surface area (Å²) in [6, 6.07) is 6.37. The Morgan fingerprint density at radius 2 is 1.83 bits per heavy atom. The van der Waals surface area contributed by atoms with Crippen molar-refractivity contribution >= 4 is 23.5 Å². The normalized spacial score (nSPS) is 16.6. The van der Waals surface area contributed by atoms with Gasteiger partial charge in [-0.05, 0) is 42.3 Å². The van der Waals surface area contributed by atoms with Gasteiger partial charge in [-0.2, -0.15) is 0 Å². The SMILES string of the molecule is O=C(Nc1ccc(F)cc1F)NC1CCSc2ccc(F)cc21. The van der Waals surface area contributed by atoms with Crippen molar-refractivity contribution in [1.82, 2.24) is 5.32 Å². The average Bonchev–Trinajstić information content (AvgIpc) is 2.51. The van der Waals surface area contributed by atoms with Gasteiger partial charge < -0.3 is 10.6 Å². The number of halogens is 3. The van der Waals surface area contributed by atoms with Gasteiger partial charge in [0.15, 0.2) is 0 Å². The first-order valence-electron chi connectivity index (χ1n) is 6.98. The molecule has 0 aromatic heterocycles. The largest absolute Gasteiger partial charge is 0.331 e. The summed E-state index contributed by atoms with van der Waals surface area (Å²) in [7, 11) is 0. The lowest BCUT2D eigenvalue weighted by atomic mass is 10.0. The van der Waals surface area contributed by atoms with Crippen molar-refractivity contribution < 1.29 is 18.0 Å². The number of nitrogens with one attached hydrogen (secondary N) is 2. The molecule has 3 rings (SSSR count). The van der Waals surface area contributed by atoms with Crippen molar-refractivity contribution in [2.45, 2.75) is 17.4 Å². The molecule has 0 saturated carbocycles. The summed E-state index contributed by atoms with van der Waals surface area (Å²) in [5, 5.41) is 5.04. The molecule has 2 aromatic rings. The fourth-order valence-electron chi connectivity index (χ4n) is 2.42. The van der Waals surface area contributed by atoms with Crippen molar-refractivity contribution in [2.24, 2.45) is 0 Å². The predicted molar refractivity (Wildman–Crippen MR) is 83.0 cm³/mol. The van der Waals surface area contributed by atoms with Gasteiger partial charge in [0.25, 0.3) is 0 Å². The molecule has 2 amide bonds. The van der Waals surface area contributed by atoms with E-state index in [0.717, 1.165) is 22.8 Å². The first-order valence-corrected chi connectivity index (χ1v) is 7.96. The number of fused-ring (bicyclic) bond motifs is 1. The molecule has 0 aliphatic carbocycles. The van der Waals surface area contributed by atoms with Crippen molar-refractivity contribution in [3.8, 4) is 0 Å². The maximum Gasteiger partial charge on any atom is 0.319 e. The number of hydrogen-bond acceptors (Lipinski definition) is 2. The Hall–Kier alpha value is -2.15. The third kappa shape index (κ3) is 3.61. The Morgan fingerprint density at radius 1 is 1.09 bits per heavy atom. The van der Waals surface area contributed by atoms with Gasteiger partial charge in [-0.15, -0.1) is 11.8 Å². The highest BCUT2D eigenvalue weighted by Crippen LogP contribution is 2.36. The fourth-order valence-corrected chi connectivity index (χ4v) is 3.53. The van der Waals surface area contributed by atoms with Crippen LogP contribution in [0.3, 0.4) is 0 Å². The lowest BCUT2D eigenvalue weighted by Crippen LogP contribution is -2.34. The fraction of sp³-hybridized carbons (Fsp3) is 0.188. The van der Waals surface area contributed by atoms with Gasteiger partial charge in [-0.3, -0.25) is 0 Å². The molecule has 1 atom stereocenters. The maximum absolute atomic E-state index is 13.5. The molecule has 1 aliphatic heterocycles. The topological polar surface area (TPSA) is 41.1 Å². The first kappa shape index (κ1) is 15.7. The van der Waals surface area contributed by atoms with E-state index in [1.54, 1.807) is 17.8 Å². The number of rotatable bonds is 2. The zero-order valence-corrected chi connectivity index (χ0v) is 12.7. The summed E-state index contributed by atoms with van der Waals surface area (Å²) in [6.07, 6.45) is 0.639. The highest BCUT2D eigenvalue weighted by molar-refractivity contribution is 7.99. The second-order valence-electron chi connectivity index (χ2n) is 5.09. The summed E-state index contributed by atoms with van der Waals surface area (Å²) < 4.78 is 39.8. The number of thioether (sulfide) groups is 1. The van der Waals surface area contributed by atoms with Gasteiger partial charge >= 0.3 is 6.03 Å². The van der Waals surface area contributed by atoms with Gasteiger partial charge in [0, 0.05) is 16.7 Å². The molecule has 1 aliphatic rings. The Balaban J connectivity index is 1.73. The van der Waals surface area contributed by atoms with E-state index in [1.807, 2.05) is 0 Å². The quantitative estimate of drug-likeness (QED) is 0.849. The number of carbonyl (C=O) groups is 1. The molecule has 120 valence electrons. The monoisotopic (exact) mass is 338 g/mol. The van der Waals surface area contributed by atoms with E-state index in [1.165, 1.54) is 12.1 Å². The van der Waals surface area contributed by atoms with Crippen LogP contribution in [-0.2, 0) is 0 Å². The molecule has 23 heavy (non-hydrogen) atoms. The Bertz CT molecular complexity index is 754.